The van der Waals surface area contributed by atoms with Gasteiger partial charge in [0.25, 0.3) is 0 Å². The van der Waals surface area contributed by atoms with Crippen LogP contribution in [-0.2, 0) is 28.6 Å². The fourth-order valence-electron chi connectivity index (χ4n) is 1.49. The summed E-state index contributed by atoms with van der Waals surface area (Å²) in [5.41, 5.74) is -2.51. The highest BCUT2D eigenvalue weighted by Crippen LogP contribution is 2.32. The average Bonchev–Trinajstić information content (AvgIpc) is 2.58. The molecule has 0 aliphatic heterocycles. The van der Waals surface area contributed by atoms with Crippen LogP contribution in [0.4, 0.5) is 0 Å². The van der Waals surface area contributed by atoms with Gasteiger partial charge in [-0.2, -0.15) is 0 Å². The van der Waals surface area contributed by atoms with Gasteiger partial charge in [-0.15, -0.1) is 0 Å². The Labute approximate surface area is 132 Å². The fourth-order valence-corrected chi connectivity index (χ4v) is 1.49. The minimum absolute atomic E-state index is 0.668. The van der Waals surface area contributed by atoms with Crippen LogP contribution in [0.2, 0.25) is 0 Å². The zero-order valence-electron chi connectivity index (χ0n) is 12.3. The number of hydrogen-bond donors (Lipinski definition) is 3. The van der Waals surface area contributed by atoms with Crippen molar-refractivity contribution in [1.82, 2.24) is 0 Å². The lowest BCUT2D eigenvalue weighted by Gasteiger charge is -2.43. The first kappa shape index (κ1) is 20.5. The van der Waals surface area contributed by atoms with Crippen LogP contribution in [0.3, 0.4) is 0 Å². The van der Waals surface area contributed by atoms with Gasteiger partial charge >= 0.3 is 23.7 Å². The van der Waals surface area contributed by atoms with Crippen LogP contribution >= 0.6 is 0 Å². The molecule has 0 amide bonds. The van der Waals surface area contributed by atoms with Gasteiger partial charge in [0.2, 0.25) is 5.60 Å². The molecule has 0 rings (SSSR count). The van der Waals surface area contributed by atoms with Crippen molar-refractivity contribution in [1.29, 1.82) is 0 Å². The van der Waals surface area contributed by atoms with Crippen LogP contribution in [-0.4, -0.2) is 64.4 Å². The summed E-state index contributed by atoms with van der Waals surface area (Å²) in [5.74, 6) is -6.25. The predicted molar refractivity (Wildman–Crippen MR) is 75.6 cm³/mol. The van der Waals surface area contributed by atoms with Crippen LogP contribution in [0, 0.1) is 0 Å². The van der Waals surface area contributed by atoms with Gasteiger partial charge in [0.05, 0.1) is 13.2 Å². The number of esters is 3. The molecule has 0 heterocycles. The summed E-state index contributed by atoms with van der Waals surface area (Å²) < 4.78 is 14.3. The quantitative estimate of drug-likeness (QED) is 0.250. The number of aliphatic hydroxyl groups excluding tert-OH is 3. The summed E-state index contributed by atoms with van der Waals surface area (Å²) in [4.78, 5) is 34.4. The standard InChI is InChI=1S/C14H18O9/c1-4-10(18)21-13(7-15,8-16)14(9-17,22-11(19)5-2)23-12(20)6-3/h4-6,15-17H,1-3,7-9H2. The summed E-state index contributed by atoms with van der Waals surface area (Å²) in [7, 11) is 0. The van der Waals surface area contributed by atoms with Crippen molar-refractivity contribution < 1.29 is 43.9 Å². The Bertz CT molecular complexity index is 468. The molecular weight excluding hydrogens is 312 g/mol. The van der Waals surface area contributed by atoms with Crippen LogP contribution in [0.1, 0.15) is 0 Å². The SMILES string of the molecule is C=CC(=O)OC(CO)(CO)C(CO)(OC(=O)C=C)OC(=O)C=C. The van der Waals surface area contributed by atoms with E-state index in [-0.39, 0.29) is 0 Å². The Balaban J connectivity index is 6.15. The van der Waals surface area contributed by atoms with Crippen molar-refractivity contribution >= 4 is 17.9 Å². The van der Waals surface area contributed by atoms with Gasteiger partial charge in [-0.1, -0.05) is 19.7 Å². The van der Waals surface area contributed by atoms with Crippen LogP contribution in [0.25, 0.3) is 0 Å². The summed E-state index contributed by atoms with van der Waals surface area (Å²) >= 11 is 0. The van der Waals surface area contributed by atoms with E-state index in [1.165, 1.54) is 0 Å². The Hall–Kier alpha value is -2.49. The van der Waals surface area contributed by atoms with Crippen LogP contribution in [0.15, 0.2) is 38.0 Å². The Morgan fingerprint density at radius 2 is 1.09 bits per heavy atom. The second-order valence-corrected chi connectivity index (χ2v) is 4.10. The first-order chi connectivity index (χ1) is 10.8. The Morgan fingerprint density at radius 3 is 1.35 bits per heavy atom. The summed E-state index contributed by atoms with van der Waals surface area (Å²) in [6.07, 6.45) is 2.02. The van der Waals surface area contributed by atoms with Crippen molar-refractivity contribution in [2.75, 3.05) is 19.8 Å². The second-order valence-electron chi connectivity index (χ2n) is 4.10. The Morgan fingerprint density at radius 1 is 0.739 bits per heavy atom. The average molecular weight is 330 g/mol. The zero-order valence-corrected chi connectivity index (χ0v) is 12.3. The van der Waals surface area contributed by atoms with Gasteiger partial charge in [-0.3, -0.25) is 0 Å². The number of carbonyl (C=O) groups excluding carboxylic acids is 3. The van der Waals surface area contributed by atoms with E-state index in [1.807, 2.05) is 0 Å². The molecule has 0 unspecified atom stereocenters. The largest absolute Gasteiger partial charge is 0.442 e. The lowest BCUT2D eigenvalue weighted by atomic mass is 9.93. The van der Waals surface area contributed by atoms with Crippen molar-refractivity contribution in [2.45, 2.75) is 11.4 Å². The van der Waals surface area contributed by atoms with E-state index in [0.717, 1.165) is 0 Å². The molecule has 3 N–H and O–H groups in total. The van der Waals surface area contributed by atoms with Crippen molar-refractivity contribution in [3.05, 3.63) is 38.0 Å². The first-order valence-corrected chi connectivity index (χ1v) is 6.19. The van der Waals surface area contributed by atoms with E-state index in [9.17, 15) is 29.7 Å². The molecule has 0 aliphatic rings. The molecule has 0 atom stereocenters. The maximum Gasteiger partial charge on any atom is 0.333 e. The van der Waals surface area contributed by atoms with E-state index in [2.05, 4.69) is 19.7 Å². The zero-order chi connectivity index (χ0) is 18.1. The highest BCUT2D eigenvalue weighted by molar-refractivity contribution is 5.84. The lowest BCUT2D eigenvalue weighted by molar-refractivity contribution is -0.317. The number of hydrogen-bond acceptors (Lipinski definition) is 9. The van der Waals surface area contributed by atoms with E-state index < -0.39 is 49.1 Å². The third kappa shape index (κ3) is 4.49. The molecule has 0 saturated carbocycles. The van der Waals surface area contributed by atoms with Gasteiger partial charge < -0.3 is 29.5 Å². The normalized spacial score (nSPS) is 11.1. The van der Waals surface area contributed by atoms with E-state index >= 15 is 0 Å². The minimum atomic E-state index is -2.74. The third-order valence-corrected chi connectivity index (χ3v) is 2.74. The monoisotopic (exact) mass is 330 g/mol. The van der Waals surface area contributed by atoms with E-state index in [1.54, 1.807) is 0 Å². The molecule has 0 aromatic heterocycles. The minimum Gasteiger partial charge on any atom is -0.442 e. The molecule has 9 heteroatoms. The molecule has 0 fully saturated rings. The molecule has 0 aromatic carbocycles. The maximum absolute atomic E-state index is 11.5. The molecule has 128 valence electrons. The molecule has 0 spiro atoms. The van der Waals surface area contributed by atoms with Gasteiger partial charge in [0.15, 0.2) is 0 Å². The number of rotatable bonds is 10. The van der Waals surface area contributed by atoms with Gasteiger partial charge in [0, 0.05) is 18.2 Å². The topological polar surface area (TPSA) is 140 Å². The van der Waals surface area contributed by atoms with Crippen molar-refractivity contribution in [3.8, 4) is 0 Å². The van der Waals surface area contributed by atoms with Gasteiger partial charge in [0.1, 0.15) is 6.61 Å². The molecule has 0 saturated heterocycles. The molecule has 0 aromatic rings. The van der Waals surface area contributed by atoms with Crippen LogP contribution in [0.5, 0.6) is 0 Å². The van der Waals surface area contributed by atoms with E-state index in [0.29, 0.717) is 18.2 Å². The van der Waals surface area contributed by atoms with Crippen molar-refractivity contribution in [2.24, 2.45) is 0 Å². The summed E-state index contributed by atoms with van der Waals surface area (Å²) in [6, 6.07) is 0. The number of ether oxygens (including phenoxy) is 3. The molecule has 23 heavy (non-hydrogen) atoms. The maximum atomic E-state index is 11.5. The number of aliphatic hydroxyl groups is 3. The molecular formula is C14H18O9. The van der Waals surface area contributed by atoms with Gasteiger partial charge in [-0.05, 0) is 0 Å². The third-order valence-electron chi connectivity index (χ3n) is 2.74. The second kappa shape index (κ2) is 8.83. The summed E-state index contributed by atoms with van der Waals surface area (Å²) in [5, 5.41) is 28.7. The smallest absolute Gasteiger partial charge is 0.333 e. The van der Waals surface area contributed by atoms with Crippen molar-refractivity contribution in [3.63, 3.8) is 0 Å². The Kier molecular flexibility index (Phi) is 7.88. The summed E-state index contributed by atoms with van der Waals surface area (Å²) in [6.45, 7) is 5.79. The molecule has 0 aliphatic carbocycles. The fraction of sp³-hybridized carbons (Fsp3) is 0.357. The molecule has 0 bridgehead atoms. The predicted octanol–water partition coefficient (Wildman–Crippen LogP) is -1.41. The van der Waals surface area contributed by atoms with Crippen LogP contribution < -0.4 is 0 Å². The highest BCUT2D eigenvalue weighted by Gasteiger charge is 2.60. The molecule has 0 radical (unpaired) electrons. The van der Waals surface area contributed by atoms with Gasteiger partial charge in [-0.25, -0.2) is 14.4 Å². The van der Waals surface area contributed by atoms with E-state index in [4.69, 9.17) is 14.2 Å². The highest BCUT2D eigenvalue weighted by atomic mass is 16.8. The first-order valence-electron chi connectivity index (χ1n) is 6.19. The lowest BCUT2D eigenvalue weighted by Crippen LogP contribution is -2.67. The molecule has 9 nitrogen and oxygen atoms in total. The number of carbonyl (C=O) groups is 3.